The average molecular weight is 450 g/mol. The standard InChI is InChI=1S/C21H33NO6S.Na/c1-4-6-8-10-12-16(3)21(24)22-17-13-11-14-18(29(25,26)27)20(17)28-19(23)15-9-7-5-2;/h11,13-14,16H,4-10,12,15H2,1-3H3,(H,22,24)(H,25,26,27);/q;+1/p-1. The molecule has 1 unspecified atom stereocenters. The van der Waals surface area contributed by atoms with Gasteiger partial charge >= 0.3 is 35.5 Å². The number of hydrogen-bond acceptors (Lipinski definition) is 6. The largest absolute Gasteiger partial charge is 1.00 e. The summed E-state index contributed by atoms with van der Waals surface area (Å²) >= 11 is 0. The monoisotopic (exact) mass is 449 g/mol. The zero-order valence-corrected chi connectivity index (χ0v) is 21.3. The van der Waals surface area contributed by atoms with Crippen molar-refractivity contribution in [3.63, 3.8) is 0 Å². The van der Waals surface area contributed by atoms with Crippen LogP contribution in [-0.2, 0) is 19.7 Å². The summed E-state index contributed by atoms with van der Waals surface area (Å²) in [5.41, 5.74) is 0.0103. The third-order valence-electron chi connectivity index (χ3n) is 4.64. The first-order valence-electron chi connectivity index (χ1n) is 10.3. The van der Waals surface area contributed by atoms with E-state index in [0.717, 1.165) is 44.6 Å². The van der Waals surface area contributed by atoms with E-state index < -0.39 is 26.7 Å². The van der Waals surface area contributed by atoms with Gasteiger partial charge in [0, 0.05) is 12.3 Å². The van der Waals surface area contributed by atoms with Crippen molar-refractivity contribution in [1.29, 1.82) is 0 Å². The fourth-order valence-corrected chi connectivity index (χ4v) is 3.49. The fraction of sp³-hybridized carbons (Fsp3) is 0.619. The Balaban J connectivity index is 0.00000841. The van der Waals surface area contributed by atoms with Crippen LogP contribution in [0.25, 0.3) is 0 Å². The second-order valence-corrected chi connectivity index (χ2v) is 8.61. The molecule has 0 aliphatic heterocycles. The number of ether oxygens (including phenoxy) is 1. The van der Waals surface area contributed by atoms with Gasteiger partial charge in [-0.3, -0.25) is 9.59 Å². The van der Waals surface area contributed by atoms with Gasteiger partial charge in [0.2, 0.25) is 5.91 Å². The molecule has 0 fully saturated rings. The summed E-state index contributed by atoms with van der Waals surface area (Å²) in [6, 6.07) is 3.83. The zero-order valence-electron chi connectivity index (χ0n) is 18.5. The van der Waals surface area contributed by atoms with Crippen LogP contribution in [-0.4, -0.2) is 24.8 Å². The Morgan fingerprint density at radius 1 is 1.07 bits per heavy atom. The topological polar surface area (TPSA) is 113 Å². The van der Waals surface area contributed by atoms with Crippen LogP contribution in [0, 0.1) is 5.92 Å². The number of hydrogen-bond donors (Lipinski definition) is 1. The maximum Gasteiger partial charge on any atom is 1.00 e. The summed E-state index contributed by atoms with van der Waals surface area (Å²) in [5.74, 6) is -1.66. The Morgan fingerprint density at radius 2 is 1.70 bits per heavy atom. The molecule has 1 atom stereocenters. The Hall–Kier alpha value is -0.930. The number of anilines is 1. The molecule has 0 saturated heterocycles. The molecule has 1 aromatic rings. The summed E-state index contributed by atoms with van der Waals surface area (Å²) in [5, 5.41) is 2.62. The Kier molecular flexibility index (Phi) is 14.5. The molecule has 0 saturated carbocycles. The van der Waals surface area contributed by atoms with Gasteiger partial charge in [0.1, 0.15) is 10.1 Å². The minimum atomic E-state index is -4.88. The third-order valence-corrected chi connectivity index (χ3v) is 5.50. The summed E-state index contributed by atoms with van der Waals surface area (Å²) in [4.78, 5) is 24.0. The van der Waals surface area contributed by atoms with Gasteiger partial charge in [-0.2, -0.15) is 0 Å². The minimum absolute atomic E-state index is 0. The summed E-state index contributed by atoms with van der Waals surface area (Å²) < 4.78 is 40.0. The van der Waals surface area contributed by atoms with Gasteiger partial charge in [0.15, 0.2) is 5.75 Å². The number of carbonyl (C=O) groups is 2. The van der Waals surface area contributed by atoms with Crippen LogP contribution < -0.4 is 39.6 Å². The molecule has 30 heavy (non-hydrogen) atoms. The normalized spacial score (nSPS) is 12.0. The molecule has 1 N–H and O–H groups in total. The van der Waals surface area contributed by atoms with E-state index in [9.17, 15) is 22.6 Å². The molecule has 0 aromatic heterocycles. The van der Waals surface area contributed by atoms with Crippen molar-refractivity contribution in [3.8, 4) is 5.75 Å². The number of esters is 1. The molecule has 1 rings (SSSR count). The van der Waals surface area contributed by atoms with Gasteiger partial charge < -0.3 is 14.6 Å². The summed E-state index contributed by atoms with van der Waals surface area (Å²) in [6.45, 7) is 5.88. The van der Waals surface area contributed by atoms with Crippen molar-refractivity contribution in [1.82, 2.24) is 0 Å². The van der Waals surface area contributed by atoms with Crippen LogP contribution in [0.4, 0.5) is 5.69 Å². The molecule has 0 heterocycles. The predicted molar refractivity (Wildman–Crippen MR) is 111 cm³/mol. The van der Waals surface area contributed by atoms with Gasteiger partial charge in [-0.25, -0.2) is 8.42 Å². The van der Waals surface area contributed by atoms with E-state index >= 15 is 0 Å². The molecule has 1 aromatic carbocycles. The quantitative estimate of drug-likeness (QED) is 0.161. The molecule has 164 valence electrons. The van der Waals surface area contributed by atoms with Crippen molar-refractivity contribution in [2.75, 3.05) is 5.32 Å². The Morgan fingerprint density at radius 3 is 2.30 bits per heavy atom. The van der Waals surface area contributed by atoms with Crippen LogP contribution in [0.3, 0.4) is 0 Å². The zero-order chi connectivity index (χ0) is 21.9. The third kappa shape index (κ3) is 10.4. The van der Waals surface area contributed by atoms with Crippen LogP contribution in [0.5, 0.6) is 5.75 Å². The molecule has 0 spiro atoms. The predicted octanol–water partition coefficient (Wildman–Crippen LogP) is 1.63. The fourth-order valence-electron chi connectivity index (χ4n) is 2.86. The van der Waals surface area contributed by atoms with E-state index in [2.05, 4.69) is 12.2 Å². The number of unbranched alkanes of at least 4 members (excludes halogenated alkanes) is 5. The molecule has 0 radical (unpaired) electrons. The number of para-hydroxylation sites is 1. The van der Waals surface area contributed by atoms with Gasteiger partial charge in [0.05, 0.1) is 10.6 Å². The second-order valence-electron chi connectivity index (χ2n) is 7.26. The SMILES string of the molecule is CCCCCCC(C)C(=O)Nc1cccc(S(=O)(=O)[O-])c1OC(=O)CCCCC.[Na+]. The van der Waals surface area contributed by atoms with Crippen molar-refractivity contribution in [3.05, 3.63) is 18.2 Å². The maximum atomic E-state index is 12.5. The second kappa shape index (κ2) is 15.0. The molecule has 0 aliphatic carbocycles. The molecule has 0 bridgehead atoms. The van der Waals surface area contributed by atoms with Crippen LogP contribution in [0.1, 0.15) is 78.6 Å². The van der Waals surface area contributed by atoms with Crippen molar-refractivity contribution in [2.45, 2.75) is 83.5 Å². The molecular formula is C21H32NNaO6S. The van der Waals surface area contributed by atoms with Gasteiger partial charge in [0.25, 0.3) is 0 Å². The molecule has 7 nitrogen and oxygen atoms in total. The first kappa shape index (κ1) is 29.1. The maximum absolute atomic E-state index is 12.5. The first-order valence-corrected chi connectivity index (χ1v) is 11.7. The number of benzene rings is 1. The number of carbonyl (C=O) groups excluding carboxylic acids is 2. The molecule has 1 amide bonds. The van der Waals surface area contributed by atoms with Crippen LogP contribution in [0.15, 0.2) is 23.1 Å². The van der Waals surface area contributed by atoms with Gasteiger partial charge in [-0.1, -0.05) is 65.4 Å². The molecule has 9 heteroatoms. The van der Waals surface area contributed by atoms with Crippen LogP contribution in [0.2, 0.25) is 0 Å². The first-order chi connectivity index (χ1) is 13.7. The smallest absolute Gasteiger partial charge is 0.744 e. The molecule has 0 aliphatic rings. The van der Waals surface area contributed by atoms with E-state index in [1.54, 1.807) is 6.92 Å². The Bertz CT molecular complexity index is 782. The van der Waals surface area contributed by atoms with Gasteiger partial charge in [-0.05, 0) is 25.0 Å². The van der Waals surface area contributed by atoms with Crippen LogP contribution >= 0.6 is 0 Å². The van der Waals surface area contributed by atoms with Crippen molar-refractivity contribution in [2.24, 2.45) is 5.92 Å². The number of amides is 1. The van der Waals surface area contributed by atoms with E-state index in [-0.39, 0.29) is 53.5 Å². The van der Waals surface area contributed by atoms with E-state index in [1.165, 1.54) is 12.1 Å². The van der Waals surface area contributed by atoms with E-state index in [0.29, 0.717) is 12.8 Å². The summed E-state index contributed by atoms with van der Waals surface area (Å²) in [7, 11) is -4.88. The summed E-state index contributed by atoms with van der Waals surface area (Å²) in [6.07, 6.45) is 7.29. The minimum Gasteiger partial charge on any atom is -0.744 e. The van der Waals surface area contributed by atoms with Crippen molar-refractivity contribution >= 4 is 27.7 Å². The van der Waals surface area contributed by atoms with E-state index in [1.807, 2.05) is 6.92 Å². The van der Waals surface area contributed by atoms with E-state index in [4.69, 9.17) is 4.74 Å². The number of nitrogens with one attached hydrogen (secondary N) is 1. The molecular weight excluding hydrogens is 417 g/mol. The number of rotatable bonds is 13. The van der Waals surface area contributed by atoms with Crippen molar-refractivity contribution < 1.29 is 56.9 Å². The van der Waals surface area contributed by atoms with Gasteiger partial charge in [-0.15, -0.1) is 0 Å². The Labute approximate surface area is 202 Å². The average Bonchev–Trinajstić information content (AvgIpc) is 2.65.